The summed E-state index contributed by atoms with van der Waals surface area (Å²) in [4.78, 5) is 24.0. The molecule has 3 aromatic carbocycles. The van der Waals surface area contributed by atoms with Crippen LogP contribution in [0.4, 0.5) is 10.1 Å². The van der Waals surface area contributed by atoms with Gasteiger partial charge in [-0.1, -0.05) is 45.7 Å². The van der Waals surface area contributed by atoms with Crippen LogP contribution in [0, 0.1) is 5.82 Å². The summed E-state index contributed by atoms with van der Waals surface area (Å²) < 4.78 is 26.6. The van der Waals surface area contributed by atoms with Gasteiger partial charge in [0, 0.05) is 15.1 Å². The molecule has 0 unspecified atom stereocenters. The first-order valence-electron chi connectivity index (χ1n) is 10.2. The van der Waals surface area contributed by atoms with Crippen molar-refractivity contribution in [3.8, 4) is 11.5 Å². The van der Waals surface area contributed by atoms with Crippen molar-refractivity contribution in [2.75, 3.05) is 11.9 Å². The molecule has 0 aliphatic rings. The Kier molecular flexibility index (Phi) is 9.64. The third-order valence-electron chi connectivity index (χ3n) is 4.43. The maximum absolute atomic E-state index is 13.9. The normalized spacial score (nSPS) is 10.8. The summed E-state index contributed by atoms with van der Waals surface area (Å²) in [5.74, 6) is -1.89. The molecule has 0 saturated carbocycles. The highest BCUT2D eigenvalue weighted by Gasteiger charge is 2.16. The Morgan fingerprint density at radius 2 is 1.86 bits per heavy atom. The van der Waals surface area contributed by atoms with Gasteiger partial charge in [0.05, 0.1) is 23.0 Å². The lowest BCUT2D eigenvalue weighted by Crippen LogP contribution is -2.32. The molecule has 3 rings (SSSR count). The first-order chi connectivity index (χ1) is 16.8. The van der Waals surface area contributed by atoms with Crippen LogP contribution in [0.2, 0.25) is 5.02 Å². The standard InChI is InChI=1S/C24H19Br2ClFN3O4/c1-2-34-21-10-14(9-17(26)22(21)35-13-15-5-3-4-6-18(15)27)12-29-31-24(33)23(32)30-20-8-7-16(25)11-19(20)28/h3-12H,2,13H2,1H3,(H,30,32)(H,31,33)/b29-12+. The zero-order valence-corrected chi connectivity index (χ0v) is 22.2. The molecule has 0 aliphatic carbocycles. The number of halogens is 4. The molecule has 2 N–H and O–H groups in total. The van der Waals surface area contributed by atoms with Crippen molar-refractivity contribution in [2.24, 2.45) is 5.10 Å². The lowest BCUT2D eigenvalue weighted by Gasteiger charge is -2.15. The molecule has 0 fully saturated rings. The van der Waals surface area contributed by atoms with Crippen LogP contribution in [-0.4, -0.2) is 24.6 Å². The Labute approximate surface area is 222 Å². The smallest absolute Gasteiger partial charge is 0.329 e. The quantitative estimate of drug-likeness (QED) is 0.180. The van der Waals surface area contributed by atoms with Gasteiger partial charge in [-0.15, -0.1) is 0 Å². The second-order valence-electron chi connectivity index (χ2n) is 6.92. The second-order valence-corrected chi connectivity index (χ2v) is 9.10. The van der Waals surface area contributed by atoms with Gasteiger partial charge in [-0.25, -0.2) is 9.82 Å². The fourth-order valence-corrected chi connectivity index (χ4v) is 3.91. The van der Waals surface area contributed by atoms with E-state index in [4.69, 9.17) is 21.1 Å². The van der Waals surface area contributed by atoms with Crippen molar-refractivity contribution in [2.45, 2.75) is 13.5 Å². The summed E-state index contributed by atoms with van der Waals surface area (Å²) in [6.07, 6.45) is 1.33. The van der Waals surface area contributed by atoms with Gasteiger partial charge in [-0.05, 0) is 64.8 Å². The Hall–Kier alpha value is -2.95. The summed E-state index contributed by atoms with van der Waals surface area (Å²) in [6.45, 7) is 2.45. The Balaban J connectivity index is 1.66. The minimum Gasteiger partial charge on any atom is -0.490 e. The van der Waals surface area contributed by atoms with Gasteiger partial charge in [0.2, 0.25) is 0 Å². The highest BCUT2D eigenvalue weighted by molar-refractivity contribution is 9.10. The van der Waals surface area contributed by atoms with Gasteiger partial charge in [0.15, 0.2) is 11.5 Å². The molecule has 11 heteroatoms. The van der Waals surface area contributed by atoms with Crippen LogP contribution in [0.15, 0.2) is 68.6 Å². The summed E-state index contributed by atoms with van der Waals surface area (Å²) >= 11 is 12.8. The topological polar surface area (TPSA) is 89.0 Å². The van der Waals surface area contributed by atoms with Crippen LogP contribution in [-0.2, 0) is 16.2 Å². The van der Waals surface area contributed by atoms with E-state index in [9.17, 15) is 14.0 Å². The number of carbonyl (C=O) groups is 2. The van der Waals surface area contributed by atoms with Crippen molar-refractivity contribution >= 4 is 67.2 Å². The van der Waals surface area contributed by atoms with Gasteiger partial charge < -0.3 is 14.8 Å². The lowest BCUT2D eigenvalue weighted by atomic mass is 10.2. The van der Waals surface area contributed by atoms with Crippen molar-refractivity contribution in [3.05, 3.63) is 85.5 Å². The van der Waals surface area contributed by atoms with Gasteiger partial charge >= 0.3 is 11.8 Å². The van der Waals surface area contributed by atoms with Crippen molar-refractivity contribution < 1.29 is 23.5 Å². The largest absolute Gasteiger partial charge is 0.490 e. The maximum Gasteiger partial charge on any atom is 0.329 e. The van der Waals surface area contributed by atoms with E-state index in [0.717, 1.165) is 5.56 Å². The Bertz CT molecular complexity index is 1270. The Morgan fingerprint density at radius 3 is 2.57 bits per heavy atom. The lowest BCUT2D eigenvalue weighted by molar-refractivity contribution is -0.136. The van der Waals surface area contributed by atoms with E-state index in [-0.39, 0.29) is 12.3 Å². The summed E-state index contributed by atoms with van der Waals surface area (Å²) in [6, 6.07) is 14.8. The van der Waals surface area contributed by atoms with E-state index in [2.05, 4.69) is 47.7 Å². The van der Waals surface area contributed by atoms with E-state index in [1.54, 1.807) is 18.2 Å². The number of carbonyl (C=O) groups excluding carboxylic acids is 2. The molecule has 0 bridgehead atoms. The number of rotatable bonds is 8. The zero-order valence-electron chi connectivity index (χ0n) is 18.3. The van der Waals surface area contributed by atoms with E-state index >= 15 is 0 Å². The van der Waals surface area contributed by atoms with E-state index in [1.807, 2.05) is 25.1 Å². The SMILES string of the molecule is CCOc1cc(/C=N/NC(=O)C(=O)Nc2ccc(Br)cc2F)cc(Br)c1OCc1ccccc1Cl. The van der Waals surface area contributed by atoms with Gasteiger partial charge in [0.1, 0.15) is 12.4 Å². The highest BCUT2D eigenvalue weighted by atomic mass is 79.9. The summed E-state index contributed by atoms with van der Waals surface area (Å²) in [7, 11) is 0. The fourth-order valence-electron chi connectivity index (χ4n) is 2.82. The molecule has 0 aromatic heterocycles. The molecule has 7 nitrogen and oxygen atoms in total. The van der Waals surface area contributed by atoms with E-state index in [0.29, 0.717) is 37.6 Å². The predicted octanol–water partition coefficient (Wildman–Crippen LogP) is 6.07. The van der Waals surface area contributed by atoms with Gasteiger partial charge in [0.25, 0.3) is 0 Å². The van der Waals surface area contributed by atoms with Crippen LogP contribution in [0.1, 0.15) is 18.1 Å². The number of nitrogens with zero attached hydrogens (tertiary/aromatic N) is 1. The third-order valence-corrected chi connectivity index (χ3v) is 5.88. The number of hydrogen-bond donors (Lipinski definition) is 2. The Morgan fingerprint density at radius 1 is 1.09 bits per heavy atom. The molecule has 0 heterocycles. The molecule has 2 amide bonds. The molecule has 0 spiro atoms. The number of benzene rings is 3. The second kappa shape index (κ2) is 12.7. The molecule has 0 atom stereocenters. The molecular formula is C24H19Br2ClFN3O4. The van der Waals surface area contributed by atoms with Crippen LogP contribution in [0.3, 0.4) is 0 Å². The zero-order chi connectivity index (χ0) is 25.4. The number of ether oxygens (including phenoxy) is 2. The van der Waals surface area contributed by atoms with E-state index < -0.39 is 17.6 Å². The predicted molar refractivity (Wildman–Crippen MR) is 140 cm³/mol. The van der Waals surface area contributed by atoms with Gasteiger partial charge in [-0.2, -0.15) is 5.10 Å². The first-order valence-corrected chi connectivity index (χ1v) is 12.2. The molecular weight excluding hydrogens is 609 g/mol. The van der Waals surface area contributed by atoms with Crippen LogP contribution >= 0.6 is 43.5 Å². The van der Waals surface area contributed by atoms with Crippen LogP contribution < -0.4 is 20.2 Å². The van der Waals surface area contributed by atoms with Crippen LogP contribution in [0.25, 0.3) is 0 Å². The number of amides is 2. The summed E-state index contributed by atoms with van der Waals surface area (Å²) in [5.41, 5.74) is 3.35. The minimum absolute atomic E-state index is 0.130. The average Bonchev–Trinajstić information content (AvgIpc) is 2.81. The molecule has 35 heavy (non-hydrogen) atoms. The molecule has 0 radical (unpaired) electrons. The number of hydrogen-bond acceptors (Lipinski definition) is 5. The maximum atomic E-state index is 13.9. The van der Waals surface area contributed by atoms with E-state index in [1.165, 1.54) is 24.4 Å². The molecule has 182 valence electrons. The molecule has 0 saturated heterocycles. The van der Waals surface area contributed by atoms with Crippen molar-refractivity contribution in [1.82, 2.24) is 5.43 Å². The average molecular weight is 628 g/mol. The molecule has 3 aromatic rings. The first kappa shape index (κ1) is 26.7. The van der Waals surface area contributed by atoms with Crippen LogP contribution in [0.5, 0.6) is 11.5 Å². The molecule has 0 aliphatic heterocycles. The highest BCUT2D eigenvalue weighted by Crippen LogP contribution is 2.37. The van der Waals surface area contributed by atoms with Gasteiger partial charge in [-0.3, -0.25) is 9.59 Å². The summed E-state index contributed by atoms with van der Waals surface area (Å²) in [5, 5.41) is 6.57. The fraction of sp³-hybridized carbons (Fsp3) is 0.125. The third kappa shape index (κ3) is 7.51. The van der Waals surface area contributed by atoms with Crippen molar-refractivity contribution in [1.29, 1.82) is 0 Å². The number of nitrogens with one attached hydrogen (secondary N) is 2. The van der Waals surface area contributed by atoms with Crippen molar-refractivity contribution in [3.63, 3.8) is 0 Å². The minimum atomic E-state index is -1.07. The number of anilines is 1. The monoisotopic (exact) mass is 625 g/mol. The number of hydrazone groups is 1.